The van der Waals surface area contributed by atoms with E-state index in [1.54, 1.807) is 0 Å². The fourth-order valence-electron chi connectivity index (χ4n) is 10.9. The molecule has 3 aliphatic heterocycles. The molecule has 2 aliphatic carbocycles. The Hall–Kier alpha value is -5.21. The molecule has 332 valence electrons. The molecule has 2 bridgehead atoms. The number of likely N-dealkylation sites (N-methyl/N-ethyl adjacent to an activating group) is 1. The van der Waals surface area contributed by atoms with Gasteiger partial charge < -0.3 is 48.3 Å². The van der Waals surface area contributed by atoms with Gasteiger partial charge in [-0.15, -0.1) is 0 Å². The largest absolute Gasteiger partial charge is 0.482 e. The van der Waals surface area contributed by atoms with Gasteiger partial charge in [0.15, 0.2) is 17.8 Å². The Morgan fingerprint density at radius 1 is 0.750 bits per heavy atom. The molecule has 0 saturated carbocycles. The Balaban J connectivity index is 1.13. The van der Waals surface area contributed by atoms with Crippen LogP contribution in [-0.4, -0.2) is 83.6 Å². The zero-order valence-corrected chi connectivity index (χ0v) is 36.1. The maximum atomic E-state index is 13.0. The van der Waals surface area contributed by atoms with Gasteiger partial charge in [-0.3, -0.25) is 4.79 Å². The van der Waals surface area contributed by atoms with Gasteiger partial charge in [0, 0.05) is 29.9 Å². The van der Waals surface area contributed by atoms with E-state index >= 15 is 0 Å². The van der Waals surface area contributed by atoms with E-state index < -0.39 is 60.4 Å². The van der Waals surface area contributed by atoms with Gasteiger partial charge in [0.1, 0.15) is 42.7 Å². The van der Waals surface area contributed by atoms with Crippen molar-refractivity contribution in [1.29, 1.82) is 0 Å². The quantitative estimate of drug-likeness (QED) is 0.0634. The van der Waals surface area contributed by atoms with Gasteiger partial charge in [-0.1, -0.05) is 133 Å². The van der Waals surface area contributed by atoms with Crippen LogP contribution in [0, 0.1) is 5.92 Å². The summed E-state index contributed by atoms with van der Waals surface area (Å²) >= 11 is 0. The van der Waals surface area contributed by atoms with Crippen molar-refractivity contribution in [3.63, 3.8) is 0 Å². The van der Waals surface area contributed by atoms with Crippen molar-refractivity contribution in [3.05, 3.63) is 178 Å². The molecule has 0 radical (unpaired) electrons. The van der Waals surface area contributed by atoms with Gasteiger partial charge in [0.25, 0.3) is 0 Å². The summed E-state index contributed by atoms with van der Waals surface area (Å²) in [5, 5.41) is 23.9. The van der Waals surface area contributed by atoms with E-state index in [1.165, 1.54) is 6.92 Å². The number of nitrogens with zero attached hydrogens (tertiary/aromatic N) is 1. The van der Waals surface area contributed by atoms with Gasteiger partial charge >= 0.3 is 5.97 Å². The smallest absolute Gasteiger partial charge is 0.308 e. The normalized spacial score (nSPS) is 29.4. The van der Waals surface area contributed by atoms with Crippen LogP contribution in [0.2, 0.25) is 0 Å². The van der Waals surface area contributed by atoms with Gasteiger partial charge in [-0.05, 0) is 65.9 Å². The first kappa shape index (κ1) is 42.7. The molecule has 10 rings (SSSR count). The number of likely N-dealkylation sites (tertiary alicyclic amines) is 1. The molecule has 3 heterocycles. The second-order valence-electron chi connectivity index (χ2n) is 17.7. The Morgan fingerprint density at radius 2 is 1.30 bits per heavy atom. The lowest BCUT2D eigenvalue weighted by Gasteiger charge is -2.57. The number of carbonyl (C=O) groups is 1. The van der Waals surface area contributed by atoms with Crippen LogP contribution in [0.3, 0.4) is 0 Å². The minimum Gasteiger partial charge on any atom is -0.482 e. The lowest BCUT2D eigenvalue weighted by Crippen LogP contribution is -2.65. The van der Waals surface area contributed by atoms with E-state index in [4.69, 9.17) is 33.2 Å². The molecule has 11 nitrogen and oxygen atoms in total. The lowest BCUT2D eigenvalue weighted by atomic mass is 9.53. The number of rotatable bonds is 15. The molecular formula is C53H55NO10. The van der Waals surface area contributed by atoms with Crippen molar-refractivity contribution in [1.82, 2.24) is 4.90 Å². The third-order valence-corrected chi connectivity index (χ3v) is 13.8. The summed E-state index contributed by atoms with van der Waals surface area (Å²) in [4.78, 5) is 15.4. The van der Waals surface area contributed by atoms with Crippen LogP contribution < -0.4 is 9.47 Å². The molecule has 1 spiro atoms. The highest BCUT2D eigenvalue weighted by Crippen LogP contribution is 2.64. The van der Waals surface area contributed by atoms with Crippen molar-refractivity contribution in [2.45, 2.75) is 107 Å². The average molecular weight is 866 g/mol. The predicted octanol–water partition coefficient (Wildman–Crippen LogP) is 7.15. The van der Waals surface area contributed by atoms with Crippen LogP contribution >= 0.6 is 0 Å². The average Bonchev–Trinajstić information content (AvgIpc) is 3.67. The molecule has 5 aromatic carbocycles. The molecule has 2 N–H and O–H groups in total. The number of hydrogen-bond acceptors (Lipinski definition) is 11. The summed E-state index contributed by atoms with van der Waals surface area (Å²) in [6, 6.07) is 41.4. The second kappa shape index (κ2) is 18.3. The SMILES string of the molecule is CC(=O)Oc1cc(C(OCc2ccccc2)[C@H]2O[C@H](O)[C@H](OCc3ccccc3)[C@@H](OCc3ccccc3)[C@H]2OCc2ccccc2)c2c3c1O[C@H]1[C@@H](O)C=C[C@H]4[C@@H](C2)N(C)CC[C@@]341. The molecule has 5 aromatic rings. The van der Waals surface area contributed by atoms with Crippen LogP contribution in [0.4, 0.5) is 0 Å². The van der Waals surface area contributed by atoms with Crippen molar-refractivity contribution in [3.8, 4) is 11.5 Å². The monoisotopic (exact) mass is 865 g/mol. The number of esters is 1. The minimum absolute atomic E-state index is 0.0468. The zero-order valence-electron chi connectivity index (χ0n) is 36.1. The van der Waals surface area contributed by atoms with Crippen molar-refractivity contribution in [2.75, 3.05) is 13.6 Å². The molecule has 5 aliphatic rings. The van der Waals surface area contributed by atoms with E-state index in [9.17, 15) is 15.0 Å². The summed E-state index contributed by atoms with van der Waals surface area (Å²) in [7, 11) is 2.15. The van der Waals surface area contributed by atoms with Gasteiger partial charge in [-0.25, -0.2) is 0 Å². The first-order valence-electron chi connectivity index (χ1n) is 22.4. The predicted molar refractivity (Wildman–Crippen MR) is 237 cm³/mol. The summed E-state index contributed by atoms with van der Waals surface area (Å²) in [5.74, 6) is 0.274. The summed E-state index contributed by atoms with van der Waals surface area (Å²) in [6.45, 7) is 2.98. The fraction of sp³-hybridized carbons (Fsp3) is 0.377. The highest BCUT2D eigenvalue weighted by molar-refractivity contribution is 5.73. The van der Waals surface area contributed by atoms with Crippen LogP contribution in [0.15, 0.2) is 140 Å². The van der Waals surface area contributed by atoms with Gasteiger partial charge in [-0.2, -0.15) is 0 Å². The Labute approximate surface area is 374 Å². The number of hydrogen-bond donors (Lipinski definition) is 2. The number of carbonyl (C=O) groups excluding carboxylic acids is 1. The highest BCUT2D eigenvalue weighted by Gasteiger charge is 2.65. The molecule has 11 heteroatoms. The number of aliphatic hydroxyl groups is 2. The van der Waals surface area contributed by atoms with E-state index in [-0.39, 0.29) is 44.1 Å². The van der Waals surface area contributed by atoms with E-state index in [1.807, 2.05) is 133 Å². The highest BCUT2D eigenvalue weighted by atomic mass is 16.7. The lowest BCUT2D eigenvalue weighted by molar-refractivity contribution is -0.328. The first-order chi connectivity index (χ1) is 31.3. The Kier molecular flexibility index (Phi) is 12.2. The van der Waals surface area contributed by atoms with E-state index in [0.29, 0.717) is 12.2 Å². The van der Waals surface area contributed by atoms with Crippen LogP contribution in [0.1, 0.15) is 58.4 Å². The molecule has 2 fully saturated rings. The topological polar surface area (TPSA) is 125 Å². The summed E-state index contributed by atoms with van der Waals surface area (Å²) in [6.07, 6.45) is -2.13. The number of piperidine rings is 1. The maximum Gasteiger partial charge on any atom is 0.308 e. The van der Waals surface area contributed by atoms with Gasteiger partial charge in [0.05, 0.1) is 26.4 Å². The maximum absolute atomic E-state index is 13.0. The molecule has 0 aromatic heterocycles. The first-order valence-corrected chi connectivity index (χ1v) is 22.4. The van der Waals surface area contributed by atoms with Crippen LogP contribution in [0.5, 0.6) is 11.5 Å². The third-order valence-electron chi connectivity index (χ3n) is 13.8. The fourth-order valence-corrected chi connectivity index (χ4v) is 10.9. The second-order valence-corrected chi connectivity index (χ2v) is 17.7. The number of ether oxygens (including phenoxy) is 7. The Bertz CT molecular complexity index is 2420. The summed E-state index contributed by atoms with van der Waals surface area (Å²) < 4.78 is 47.5. The molecule has 64 heavy (non-hydrogen) atoms. The third kappa shape index (κ3) is 8.09. The zero-order chi connectivity index (χ0) is 43.8. The van der Waals surface area contributed by atoms with E-state index in [0.717, 1.165) is 51.9 Å². The minimum atomic E-state index is -1.47. The van der Waals surface area contributed by atoms with Gasteiger partial charge in [0.2, 0.25) is 0 Å². The van der Waals surface area contributed by atoms with Crippen LogP contribution in [0.25, 0.3) is 0 Å². The van der Waals surface area contributed by atoms with Crippen molar-refractivity contribution >= 4 is 5.97 Å². The standard InChI is InChI=1S/C53H55NO10/c1-33(55)62-43-28-39(38-27-41-40-23-24-42(56)51-53(40,25-26-54(41)2)44(38)46(43)63-51)45(58-29-34-15-7-3-8-16-34)49-47(59-30-35-17-9-4-10-18-35)48(60-31-36-19-11-5-12-20-36)50(52(57)64-49)61-32-37-21-13-6-14-22-37/h3-24,28,40-42,45,47-52,56-57H,25-27,29-32H2,1-2H3/t40-,41+,42-,45?,47+,48-,49+,50+,51-,52-,53-/m0/s1. The number of aliphatic hydroxyl groups excluding tert-OH is 2. The number of benzene rings is 5. The summed E-state index contributed by atoms with van der Waals surface area (Å²) in [5.41, 5.74) is 5.82. The molecule has 2 saturated heterocycles. The molecule has 11 atom stereocenters. The molecular weight excluding hydrogens is 811 g/mol. The van der Waals surface area contributed by atoms with Crippen molar-refractivity contribution < 1.29 is 48.2 Å². The van der Waals surface area contributed by atoms with E-state index in [2.05, 4.69) is 18.0 Å². The molecule has 0 amide bonds. The molecule has 1 unspecified atom stereocenters. The van der Waals surface area contributed by atoms with Crippen molar-refractivity contribution in [2.24, 2.45) is 5.92 Å². The Morgan fingerprint density at radius 3 is 1.88 bits per heavy atom. The van der Waals surface area contributed by atoms with Crippen LogP contribution in [-0.2, 0) is 66.7 Å².